The third-order valence-corrected chi connectivity index (χ3v) is 6.58. The van der Waals surface area contributed by atoms with Crippen LogP contribution in [0.25, 0.3) is 21.5 Å². The predicted octanol–water partition coefficient (Wildman–Crippen LogP) is 5.26. The predicted molar refractivity (Wildman–Crippen MR) is 115 cm³/mol. The maximum absolute atomic E-state index is 13.2. The van der Waals surface area contributed by atoms with Gasteiger partial charge in [-0.3, -0.25) is 4.79 Å². The summed E-state index contributed by atoms with van der Waals surface area (Å²) >= 11 is 1.36. The zero-order chi connectivity index (χ0) is 20.0. The molecule has 1 aliphatic carbocycles. The average molecular weight is 404 g/mol. The van der Waals surface area contributed by atoms with Crippen molar-refractivity contribution in [3.8, 4) is 17.1 Å². The Morgan fingerprint density at radius 1 is 1.17 bits per heavy atom. The molecule has 5 rings (SSSR count). The number of hydrogen-bond acceptors (Lipinski definition) is 6. The van der Waals surface area contributed by atoms with Gasteiger partial charge in [0.15, 0.2) is 0 Å². The summed E-state index contributed by atoms with van der Waals surface area (Å²) in [4.78, 5) is 19.4. The third kappa shape index (κ3) is 2.91. The van der Waals surface area contributed by atoms with Crippen LogP contribution in [-0.4, -0.2) is 17.9 Å². The van der Waals surface area contributed by atoms with Crippen LogP contribution < -0.4 is 10.5 Å². The van der Waals surface area contributed by atoms with E-state index in [0.717, 1.165) is 52.9 Å². The quantitative estimate of drug-likeness (QED) is 0.470. The number of carbonyl (C=O) groups is 1. The highest BCUT2D eigenvalue weighted by atomic mass is 32.1. The number of carbonyl (C=O) groups excluding carboxylic acids is 1. The molecule has 3 heterocycles. The molecule has 3 aromatic heterocycles. The molecule has 146 valence electrons. The van der Waals surface area contributed by atoms with E-state index in [1.165, 1.54) is 16.9 Å². The Labute approximate surface area is 172 Å². The van der Waals surface area contributed by atoms with Gasteiger partial charge in [-0.1, -0.05) is 0 Å². The molecule has 0 fully saturated rings. The molecule has 0 spiro atoms. The number of thiophene rings is 1. The topological polar surface area (TPSA) is 78.3 Å². The van der Waals surface area contributed by atoms with Crippen molar-refractivity contribution in [2.75, 3.05) is 12.8 Å². The number of nitrogen functional groups attached to an aromatic ring is 1. The van der Waals surface area contributed by atoms with E-state index < -0.39 is 0 Å². The molecular formula is C23H20N2O3S. The van der Waals surface area contributed by atoms with Crippen molar-refractivity contribution in [2.24, 2.45) is 0 Å². The number of pyridine rings is 1. The molecule has 0 saturated carbocycles. The van der Waals surface area contributed by atoms with Crippen molar-refractivity contribution in [3.05, 3.63) is 64.4 Å². The first-order valence-electron chi connectivity index (χ1n) is 9.63. The minimum absolute atomic E-state index is 0.100. The number of benzene rings is 1. The number of anilines is 1. The van der Waals surface area contributed by atoms with E-state index in [2.05, 4.69) is 0 Å². The SMILES string of the molecule is COc1ccc(C(=O)c2sc3nc4c(c(-c5ccco5)c3c2N)CCCC4)cc1. The van der Waals surface area contributed by atoms with Crippen LogP contribution in [-0.2, 0) is 12.8 Å². The monoisotopic (exact) mass is 404 g/mol. The van der Waals surface area contributed by atoms with Gasteiger partial charge >= 0.3 is 0 Å². The Balaban J connectivity index is 1.72. The van der Waals surface area contributed by atoms with E-state index in [-0.39, 0.29) is 5.78 Å². The van der Waals surface area contributed by atoms with Gasteiger partial charge in [0.05, 0.1) is 19.1 Å². The lowest BCUT2D eigenvalue weighted by atomic mass is 9.89. The summed E-state index contributed by atoms with van der Waals surface area (Å²) < 4.78 is 10.9. The number of nitrogens with zero attached hydrogens (tertiary/aromatic N) is 1. The first kappa shape index (κ1) is 17.9. The van der Waals surface area contributed by atoms with Gasteiger partial charge in [0.2, 0.25) is 5.78 Å². The zero-order valence-electron chi connectivity index (χ0n) is 16.0. The van der Waals surface area contributed by atoms with Gasteiger partial charge in [-0.15, -0.1) is 11.3 Å². The molecule has 5 nitrogen and oxygen atoms in total. The second kappa shape index (κ2) is 7.04. The van der Waals surface area contributed by atoms with Gasteiger partial charge in [-0.2, -0.15) is 0 Å². The van der Waals surface area contributed by atoms with Gasteiger partial charge in [0, 0.05) is 22.2 Å². The number of nitrogens with two attached hydrogens (primary N) is 1. The molecular weight excluding hydrogens is 384 g/mol. The zero-order valence-corrected chi connectivity index (χ0v) is 16.8. The fourth-order valence-corrected chi connectivity index (χ4v) is 5.13. The maximum Gasteiger partial charge on any atom is 0.205 e. The molecule has 0 unspecified atom stereocenters. The highest BCUT2D eigenvalue weighted by molar-refractivity contribution is 7.21. The van der Waals surface area contributed by atoms with Crippen molar-refractivity contribution < 1.29 is 13.9 Å². The molecule has 1 aromatic carbocycles. The number of aromatic nitrogens is 1. The Morgan fingerprint density at radius 2 is 1.97 bits per heavy atom. The van der Waals surface area contributed by atoms with Crippen molar-refractivity contribution in [1.82, 2.24) is 4.98 Å². The summed E-state index contributed by atoms with van der Waals surface area (Å²) in [7, 11) is 1.60. The summed E-state index contributed by atoms with van der Waals surface area (Å²) in [6, 6.07) is 10.9. The molecule has 2 N–H and O–H groups in total. The average Bonchev–Trinajstić information content (AvgIpc) is 3.40. The van der Waals surface area contributed by atoms with Crippen molar-refractivity contribution in [1.29, 1.82) is 0 Å². The molecule has 29 heavy (non-hydrogen) atoms. The highest BCUT2D eigenvalue weighted by Gasteiger charge is 2.27. The summed E-state index contributed by atoms with van der Waals surface area (Å²) in [6.07, 6.45) is 5.81. The van der Waals surface area contributed by atoms with Crippen molar-refractivity contribution >= 4 is 33.0 Å². The van der Waals surface area contributed by atoms with Crippen LogP contribution in [0.4, 0.5) is 5.69 Å². The van der Waals surface area contributed by atoms with E-state index in [4.69, 9.17) is 19.9 Å². The van der Waals surface area contributed by atoms with Crippen LogP contribution in [0.1, 0.15) is 39.3 Å². The summed E-state index contributed by atoms with van der Waals surface area (Å²) in [5.74, 6) is 1.39. The molecule has 0 aliphatic heterocycles. The molecule has 1 aliphatic rings. The van der Waals surface area contributed by atoms with Crippen LogP contribution in [0, 0.1) is 0 Å². The van der Waals surface area contributed by atoms with Crippen LogP contribution in [0.15, 0.2) is 47.1 Å². The minimum Gasteiger partial charge on any atom is -0.497 e. The molecule has 0 atom stereocenters. The van der Waals surface area contributed by atoms with E-state index >= 15 is 0 Å². The van der Waals surface area contributed by atoms with Gasteiger partial charge in [-0.25, -0.2) is 4.98 Å². The Bertz CT molecular complexity index is 1210. The van der Waals surface area contributed by atoms with E-state index in [0.29, 0.717) is 21.9 Å². The molecule has 0 amide bonds. The molecule has 4 aromatic rings. The molecule has 0 bridgehead atoms. The molecule has 0 saturated heterocycles. The fraction of sp³-hybridized carbons (Fsp3) is 0.217. The number of ketones is 1. The number of rotatable bonds is 4. The lowest BCUT2D eigenvalue weighted by Crippen LogP contribution is -2.07. The van der Waals surface area contributed by atoms with E-state index in [1.54, 1.807) is 37.6 Å². The standard InChI is InChI=1S/C23H20N2O3S/c1-27-14-10-8-13(9-11-14)21(26)22-20(24)19-18(17-7-4-12-28-17)15-5-2-3-6-16(15)25-23(19)29-22/h4,7-12H,2-3,5-6,24H2,1H3. The van der Waals surface area contributed by atoms with E-state index in [9.17, 15) is 4.79 Å². The van der Waals surface area contributed by atoms with Crippen molar-refractivity contribution in [2.45, 2.75) is 25.7 Å². The number of hydrogen-bond donors (Lipinski definition) is 1. The number of aryl methyl sites for hydroxylation is 1. The number of furan rings is 1. The normalized spacial score (nSPS) is 13.4. The van der Waals surface area contributed by atoms with Crippen LogP contribution in [0.2, 0.25) is 0 Å². The Morgan fingerprint density at radius 3 is 2.69 bits per heavy atom. The van der Waals surface area contributed by atoms with Gasteiger partial charge in [0.25, 0.3) is 0 Å². The lowest BCUT2D eigenvalue weighted by Gasteiger charge is -2.18. The van der Waals surface area contributed by atoms with Crippen LogP contribution >= 0.6 is 11.3 Å². The molecule has 0 radical (unpaired) electrons. The highest BCUT2D eigenvalue weighted by Crippen LogP contribution is 2.44. The summed E-state index contributed by atoms with van der Waals surface area (Å²) in [6.45, 7) is 0. The first-order chi connectivity index (χ1) is 14.2. The maximum atomic E-state index is 13.2. The number of methoxy groups -OCH3 is 1. The van der Waals surface area contributed by atoms with Crippen LogP contribution in [0.5, 0.6) is 5.75 Å². The second-order valence-corrected chi connectivity index (χ2v) is 8.18. The van der Waals surface area contributed by atoms with Gasteiger partial charge < -0.3 is 14.9 Å². The largest absolute Gasteiger partial charge is 0.497 e. The molecule has 6 heteroatoms. The Hall–Kier alpha value is -3.12. The fourth-order valence-electron chi connectivity index (χ4n) is 4.04. The van der Waals surface area contributed by atoms with Gasteiger partial charge in [0.1, 0.15) is 21.2 Å². The summed E-state index contributed by atoms with van der Waals surface area (Å²) in [5, 5.41) is 0.836. The number of ether oxygens (including phenoxy) is 1. The minimum atomic E-state index is -0.100. The lowest BCUT2D eigenvalue weighted by molar-refractivity contribution is 0.104. The van der Waals surface area contributed by atoms with E-state index in [1.807, 2.05) is 12.1 Å². The number of fused-ring (bicyclic) bond motifs is 2. The third-order valence-electron chi connectivity index (χ3n) is 5.48. The van der Waals surface area contributed by atoms with Crippen LogP contribution in [0.3, 0.4) is 0 Å². The smallest absolute Gasteiger partial charge is 0.205 e. The first-order valence-corrected chi connectivity index (χ1v) is 10.5. The second-order valence-electron chi connectivity index (χ2n) is 7.18. The van der Waals surface area contributed by atoms with Crippen molar-refractivity contribution in [3.63, 3.8) is 0 Å². The summed E-state index contributed by atoms with van der Waals surface area (Å²) in [5.41, 5.74) is 10.9. The Kier molecular flexibility index (Phi) is 4.36. The van der Waals surface area contributed by atoms with Gasteiger partial charge in [-0.05, 0) is 67.6 Å².